The number of carbonyl (C=O) groups excluding carboxylic acids is 2. The summed E-state index contributed by atoms with van der Waals surface area (Å²) in [5, 5.41) is 12.7. The van der Waals surface area contributed by atoms with Gasteiger partial charge >= 0.3 is 12.1 Å². The van der Waals surface area contributed by atoms with E-state index in [0.29, 0.717) is 0 Å². The van der Waals surface area contributed by atoms with Crippen molar-refractivity contribution in [2.75, 3.05) is 13.4 Å². The number of rotatable bonds is 5. The number of carbonyl (C=O) groups is 2. The van der Waals surface area contributed by atoms with Crippen molar-refractivity contribution in [1.82, 2.24) is 5.32 Å². The molecule has 8 nitrogen and oxygen atoms in total. The van der Waals surface area contributed by atoms with E-state index in [0.717, 1.165) is 13.4 Å². The molecule has 0 unspecified atom stereocenters. The summed E-state index contributed by atoms with van der Waals surface area (Å²) in [4.78, 5) is 23.9. The molecule has 0 spiro atoms. The van der Waals surface area contributed by atoms with Gasteiger partial charge in [0.1, 0.15) is 11.7 Å². The van der Waals surface area contributed by atoms with Crippen LogP contribution in [0.15, 0.2) is 29.2 Å². The first-order valence-corrected chi connectivity index (χ1v) is 9.29. The van der Waals surface area contributed by atoms with Crippen LogP contribution in [0, 0.1) is 0 Å². The first-order chi connectivity index (χ1) is 11.3. The van der Waals surface area contributed by atoms with Crippen LogP contribution in [0.2, 0.25) is 0 Å². The van der Waals surface area contributed by atoms with Gasteiger partial charge in [-0.15, -0.1) is 0 Å². The van der Waals surface area contributed by atoms with Gasteiger partial charge in [-0.2, -0.15) is 0 Å². The molecule has 0 heterocycles. The molecule has 0 radical (unpaired) electrons. The minimum Gasteiger partial charge on any atom is -0.467 e. The molecule has 0 saturated carbocycles. The van der Waals surface area contributed by atoms with Crippen molar-refractivity contribution >= 4 is 21.9 Å². The molecule has 1 amide bonds. The van der Waals surface area contributed by atoms with Crippen LogP contribution < -0.4 is 5.32 Å². The zero-order valence-electron chi connectivity index (χ0n) is 14.8. The fourth-order valence-electron chi connectivity index (χ4n) is 1.93. The highest BCUT2D eigenvalue weighted by molar-refractivity contribution is 7.90. The molecule has 0 aliphatic heterocycles. The monoisotopic (exact) mass is 373 g/mol. The molecular formula is C16H23NO7S. The van der Waals surface area contributed by atoms with Crippen LogP contribution in [-0.4, -0.2) is 50.6 Å². The van der Waals surface area contributed by atoms with Gasteiger partial charge < -0.3 is 19.9 Å². The van der Waals surface area contributed by atoms with E-state index in [2.05, 4.69) is 10.1 Å². The Morgan fingerprint density at radius 2 is 1.68 bits per heavy atom. The lowest BCUT2D eigenvalue weighted by Crippen LogP contribution is -2.47. The summed E-state index contributed by atoms with van der Waals surface area (Å²) < 4.78 is 32.6. The molecule has 1 rings (SSSR count). The van der Waals surface area contributed by atoms with Crippen LogP contribution in [0.3, 0.4) is 0 Å². The SMILES string of the molecule is COC(=O)[C@@H](NC(=O)OC(C)(C)C)[C@H](O)c1ccc(S(C)(=O)=O)cc1. The topological polar surface area (TPSA) is 119 Å². The van der Waals surface area contributed by atoms with Crippen molar-refractivity contribution in [3.8, 4) is 0 Å². The molecule has 140 valence electrons. The molecule has 0 fully saturated rings. The Morgan fingerprint density at radius 3 is 2.08 bits per heavy atom. The van der Waals surface area contributed by atoms with E-state index in [-0.39, 0.29) is 10.5 Å². The lowest BCUT2D eigenvalue weighted by atomic mass is 10.0. The Morgan fingerprint density at radius 1 is 1.16 bits per heavy atom. The maximum Gasteiger partial charge on any atom is 0.408 e. The summed E-state index contributed by atoms with van der Waals surface area (Å²) in [5.41, 5.74) is -0.550. The van der Waals surface area contributed by atoms with E-state index in [1.807, 2.05) is 0 Å². The molecule has 0 aromatic heterocycles. The quantitative estimate of drug-likeness (QED) is 0.744. The van der Waals surface area contributed by atoms with Gasteiger partial charge in [0.2, 0.25) is 0 Å². The van der Waals surface area contributed by atoms with E-state index >= 15 is 0 Å². The average Bonchev–Trinajstić information content (AvgIpc) is 2.48. The van der Waals surface area contributed by atoms with Gasteiger partial charge in [-0.05, 0) is 38.5 Å². The first kappa shape index (κ1) is 20.9. The number of sulfone groups is 1. The number of alkyl carbamates (subject to hydrolysis) is 1. The Kier molecular flexibility index (Phi) is 6.55. The summed E-state index contributed by atoms with van der Waals surface area (Å²) in [6.07, 6.45) is -1.29. The maximum atomic E-state index is 11.9. The highest BCUT2D eigenvalue weighted by Crippen LogP contribution is 2.21. The van der Waals surface area contributed by atoms with Gasteiger partial charge in [0.15, 0.2) is 15.9 Å². The highest BCUT2D eigenvalue weighted by atomic mass is 32.2. The number of aliphatic hydroxyl groups excluding tert-OH is 1. The summed E-state index contributed by atoms with van der Waals surface area (Å²) in [6, 6.07) is 3.90. The van der Waals surface area contributed by atoms with Crippen LogP contribution in [0.4, 0.5) is 4.79 Å². The van der Waals surface area contributed by atoms with Gasteiger partial charge in [-0.3, -0.25) is 0 Å². The number of esters is 1. The van der Waals surface area contributed by atoms with Crippen molar-refractivity contribution in [1.29, 1.82) is 0 Å². The molecule has 2 atom stereocenters. The normalized spacial score (nSPS) is 14.3. The molecule has 0 aliphatic rings. The summed E-state index contributed by atoms with van der Waals surface area (Å²) in [5.74, 6) is -0.870. The number of amides is 1. The number of ether oxygens (including phenoxy) is 2. The largest absolute Gasteiger partial charge is 0.467 e. The van der Waals surface area contributed by atoms with Crippen molar-refractivity contribution in [2.45, 2.75) is 43.4 Å². The molecule has 25 heavy (non-hydrogen) atoms. The van der Waals surface area contributed by atoms with E-state index in [1.54, 1.807) is 20.8 Å². The minimum absolute atomic E-state index is 0.0677. The molecule has 0 aliphatic carbocycles. The van der Waals surface area contributed by atoms with Gasteiger partial charge in [-0.25, -0.2) is 18.0 Å². The second-order valence-corrected chi connectivity index (χ2v) is 8.45. The zero-order valence-corrected chi connectivity index (χ0v) is 15.6. The Hall–Kier alpha value is -2.13. The second kappa shape index (κ2) is 7.83. The Bertz CT molecular complexity index is 720. The third-order valence-electron chi connectivity index (χ3n) is 3.09. The van der Waals surface area contributed by atoms with Crippen molar-refractivity contribution < 1.29 is 32.6 Å². The summed E-state index contributed by atoms with van der Waals surface area (Å²) in [6.45, 7) is 4.96. The lowest BCUT2D eigenvalue weighted by Gasteiger charge is -2.25. The second-order valence-electron chi connectivity index (χ2n) is 6.43. The zero-order chi connectivity index (χ0) is 19.4. The van der Waals surface area contributed by atoms with Gasteiger partial charge in [-0.1, -0.05) is 12.1 Å². The van der Waals surface area contributed by atoms with Crippen LogP contribution in [-0.2, 0) is 24.1 Å². The molecule has 0 bridgehead atoms. The summed E-state index contributed by atoms with van der Waals surface area (Å²) >= 11 is 0. The number of hydrogen-bond acceptors (Lipinski definition) is 7. The molecule has 1 aromatic carbocycles. The number of nitrogens with one attached hydrogen (secondary N) is 1. The van der Waals surface area contributed by atoms with Crippen LogP contribution in [0.5, 0.6) is 0 Å². The Balaban J connectivity index is 3.02. The smallest absolute Gasteiger partial charge is 0.408 e. The third kappa shape index (κ3) is 6.35. The van der Waals surface area contributed by atoms with E-state index in [1.165, 1.54) is 24.3 Å². The standard InChI is InChI=1S/C16H23NO7S/c1-16(2,3)24-15(20)17-12(14(19)23-4)13(18)10-6-8-11(9-7-10)25(5,21)22/h6-9,12-13,18H,1-5H3,(H,17,20)/t12-,13+/m0/s1. The molecule has 2 N–H and O–H groups in total. The van der Waals surface area contributed by atoms with Gasteiger partial charge in [0.05, 0.1) is 12.0 Å². The van der Waals surface area contributed by atoms with Crippen molar-refractivity contribution in [2.24, 2.45) is 0 Å². The minimum atomic E-state index is -3.39. The molecule has 9 heteroatoms. The average molecular weight is 373 g/mol. The van der Waals surface area contributed by atoms with Crippen LogP contribution >= 0.6 is 0 Å². The van der Waals surface area contributed by atoms with E-state index in [9.17, 15) is 23.1 Å². The fraction of sp³-hybridized carbons (Fsp3) is 0.500. The van der Waals surface area contributed by atoms with Crippen molar-refractivity contribution in [3.05, 3.63) is 29.8 Å². The predicted octanol–water partition coefficient (Wildman–Crippen LogP) is 1.19. The van der Waals surface area contributed by atoms with Gasteiger partial charge in [0, 0.05) is 6.26 Å². The third-order valence-corrected chi connectivity index (χ3v) is 4.22. The lowest BCUT2D eigenvalue weighted by molar-refractivity contribution is -0.146. The van der Waals surface area contributed by atoms with Crippen LogP contribution in [0.1, 0.15) is 32.4 Å². The number of aliphatic hydroxyl groups is 1. The van der Waals surface area contributed by atoms with Crippen LogP contribution in [0.25, 0.3) is 0 Å². The summed E-state index contributed by atoms with van der Waals surface area (Å²) in [7, 11) is -2.27. The number of hydrogen-bond donors (Lipinski definition) is 2. The maximum absolute atomic E-state index is 11.9. The Labute approximate surface area is 147 Å². The van der Waals surface area contributed by atoms with E-state index in [4.69, 9.17) is 4.74 Å². The fourth-order valence-corrected chi connectivity index (χ4v) is 2.56. The predicted molar refractivity (Wildman–Crippen MR) is 89.7 cm³/mol. The molecule has 0 saturated heterocycles. The number of benzene rings is 1. The highest BCUT2D eigenvalue weighted by Gasteiger charge is 2.32. The molecule has 1 aromatic rings. The van der Waals surface area contributed by atoms with E-state index < -0.39 is 39.6 Å². The first-order valence-electron chi connectivity index (χ1n) is 7.40. The van der Waals surface area contributed by atoms with Crippen molar-refractivity contribution in [3.63, 3.8) is 0 Å². The molecular weight excluding hydrogens is 350 g/mol. The number of methoxy groups -OCH3 is 1. The van der Waals surface area contributed by atoms with Gasteiger partial charge in [0.25, 0.3) is 0 Å².